The first-order valence-electron chi connectivity index (χ1n) is 7.17. The summed E-state index contributed by atoms with van der Waals surface area (Å²) in [4.78, 5) is 0.204. The van der Waals surface area contributed by atoms with Crippen molar-refractivity contribution in [1.29, 1.82) is 0 Å². The first-order valence-corrected chi connectivity index (χ1v) is 9.60. The number of anilines is 2. The van der Waals surface area contributed by atoms with Gasteiger partial charge in [-0.15, -0.1) is 0 Å². The first kappa shape index (κ1) is 15.6. The van der Waals surface area contributed by atoms with Crippen molar-refractivity contribution in [3.8, 4) is 0 Å². The Bertz CT molecular complexity index is 554. The van der Waals surface area contributed by atoms with Crippen molar-refractivity contribution in [2.24, 2.45) is 11.8 Å². The molecule has 0 aromatic carbocycles. The van der Waals surface area contributed by atoms with Crippen LogP contribution in [0.4, 0.5) is 10.8 Å². The second-order valence-corrected chi connectivity index (χ2v) is 8.41. The highest BCUT2D eigenvalue weighted by atomic mass is 32.2. The van der Waals surface area contributed by atoms with Crippen molar-refractivity contribution in [2.75, 3.05) is 23.3 Å². The van der Waals surface area contributed by atoms with Crippen molar-refractivity contribution >= 4 is 32.2 Å². The molecule has 3 N–H and O–H groups in total. The van der Waals surface area contributed by atoms with Gasteiger partial charge in [-0.25, -0.2) is 8.42 Å². The number of nitrogens with zero attached hydrogens (tertiary/aromatic N) is 1. The number of nitrogen functional groups attached to an aromatic ring is 1. The molecule has 0 amide bonds. The first-order chi connectivity index (χ1) is 9.45. The van der Waals surface area contributed by atoms with Crippen LogP contribution < -0.4 is 11.1 Å². The van der Waals surface area contributed by atoms with Gasteiger partial charge in [0, 0.05) is 6.54 Å². The van der Waals surface area contributed by atoms with Gasteiger partial charge in [0.2, 0.25) is 0 Å². The van der Waals surface area contributed by atoms with E-state index in [2.05, 4.69) is 16.6 Å². The van der Waals surface area contributed by atoms with E-state index >= 15 is 0 Å². The summed E-state index contributed by atoms with van der Waals surface area (Å²) in [5, 5.41) is 3.87. The SMILES string of the molecule is CCCS(=O)(=O)c1c(N)nsc1NCC1CCCC1C. The number of hydrogen-bond acceptors (Lipinski definition) is 6. The van der Waals surface area contributed by atoms with Gasteiger partial charge in [0.1, 0.15) is 9.90 Å². The number of hydrogen-bond donors (Lipinski definition) is 2. The molecule has 0 radical (unpaired) electrons. The lowest BCUT2D eigenvalue weighted by molar-refractivity contribution is 0.440. The van der Waals surface area contributed by atoms with E-state index in [0.717, 1.165) is 18.1 Å². The molecule has 2 unspecified atom stereocenters. The molecule has 5 nitrogen and oxygen atoms in total. The van der Waals surface area contributed by atoms with Crippen molar-refractivity contribution in [3.63, 3.8) is 0 Å². The Labute approximate surface area is 125 Å². The highest BCUT2D eigenvalue weighted by Crippen LogP contribution is 2.35. The molecule has 1 saturated carbocycles. The topological polar surface area (TPSA) is 85.1 Å². The minimum atomic E-state index is -3.33. The van der Waals surface area contributed by atoms with Gasteiger partial charge < -0.3 is 11.1 Å². The monoisotopic (exact) mass is 317 g/mol. The Morgan fingerprint density at radius 1 is 1.45 bits per heavy atom. The van der Waals surface area contributed by atoms with E-state index in [1.807, 2.05) is 6.92 Å². The zero-order valence-corrected chi connectivity index (χ0v) is 13.7. The second-order valence-electron chi connectivity index (χ2n) is 5.59. The summed E-state index contributed by atoms with van der Waals surface area (Å²) in [6, 6.07) is 0. The van der Waals surface area contributed by atoms with Gasteiger partial charge in [0.25, 0.3) is 0 Å². The Balaban J connectivity index is 2.13. The lowest BCUT2D eigenvalue weighted by atomic mass is 9.98. The summed E-state index contributed by atoms with van der Waals surface area (Å²) in [6.45, 7) is 4.91. The van der Waals surface area contributed by atoms with Gasteiger partial charge in [-0.3, -0.25) is 0 Å². The molecule has 0 saturated heterocycles. The van der Waals surface area contributed by atoms with Crippen molar-refractivity contribution in [3.05, 3.63) is 0 Å². The van der Waals surface area contributed by atoms with Crippen LogP contribution in [-0.4, -0.2) is 25.1 Å². The van der Waals surface area contributed by atoms with Crippen LogP contribution in [0.2, 0.25) is 0 Å². The lowest BCUT2D eigenvalue weighted by Crippen LogP contribution is -2.17. The molecular weight excluding hydrogens is 294 g/mol. The Morgan fingerprint density at radius 2 is 2.20 bits per heavy atom. The predicted octanol–water partition coefficient (Wildman–Crippen LogP) is 2.76. The number of aromatic nitrogens is 1. The fraction of sp³-hybridized carbons (Fsp3) is 0.769. The average molecular weight is 317 g/mol. The fourth-order valence-electron chi connectivity index (χ4n) is 2.83. The fourth-order valence-corrected chi connectivity index (χ4v) is 5.45. The summed E-state index contributed by atoms with van der Waals surface area (Å²) in [5.74, 6) is 1.55. The Morgan fingerprint density at radius 3 is 2.80 bits per heavy atom. The third-order valence-corrected chi connectivity index (χ3v) is 6.95. The molecule has 114 valence electrons. The van der Waals surface area contributed by atoms with E-state index in [0.29, 0.717) is 23.3 Å². The Hall–Kier alpha value is -0.820. The molecule has 1 heterocycles. The molecular formula is C13H23N3O2S2. The molecule has 1 fully saturated rings. The van der Waals surface area contributed by atoms with Gasteiger partial charge in [0.15, 0.2) is 15.7 Å². The standard InChI is InChI=1S/C13H23N3O2S2/c1-3-7-20(17,18)11-12(14)16-19-13(11)15-8-10-6-4-5-9(10)2/h9-10,15H,3-8H2,1-2H3,(H2,14,16). The molecule has 2 rings (SSSR count). The van der Waals surface area contributed by atoms with Gasteiger partial charge >= 0.3 is 0 Å². The highest BCUT2D eigenvalue weighted by molar-refractivity contribution is 7.91. The van der Waals surface area contributed by atoms with E-state index in [9.17, 15) is 8.42 Å². The van der Waals surface area contributed by atoms with Gasteiger partial charge in [0.05, 0.1) is 5.75 Å². The van der Waals surface area contributed by atoms with Crippen molar-refractivity contribution in [1.82, 2.24) is 4.37 Å². The summed E-state index contributed by atoms with van der Waals surface area (Å²) in [7, 11) is -3.33. The zero-order chi connectivity index (χ0) is 14.8. The maximum atomic E-state index is 12.2. The molecule has 0 spiro atoms. The Kier molecular flexibility index (Phi) is 4.90. The van der Waals surface area contributed by atoms with Crippen LogP contribution in [0.5, 0.6) is 0 Å². The second kappa shape index (κ2) is 6.30. The molecule has 1 aromatic heterocycles. The van der Waals surface area contributed by atoms with Crippen molar-refractivity contribution in [2.45, 2.75) is 44.4 Å². The van der Waals surface area contributed by atoms with Crippen LogP contribution >= 0.6 is 11.5 Å². The molecule has 2 atom stereocenters. The van der Waals surface area contributed by atoms with Gasteiger partial charge in [-0.2, -0.15) is 4.37 Å². The maximum absolute atomic E-state index is 12.2. The molecule has 1 aliphatic rings. The minimum absolute atomic E-state index is 0.115. The summed E-state index contributed by atoms with van der Waals surface area (Å²) in [6.07, 6.45) is 4.31. The number of nitrogens with one attached hydrogen (secondary N) is 1. The quantitative estimate of drug-likeness (QED) is 0.842. The largest absolute Gasteiger partial charge is 0.382 e. The van der Waals surface area contributed by atoms with Crippen LogP contribution in [-0.2, 0) is 9.84 Å². The van der Waals surface area contributed by atoms with Gasteiger partial charge in [-0.05, 0) is 36.2 Å². The number of rotatable bonds is 6. The van der Waals surface area contributed by atoms with E-state index in [-0.39, 0.29) is 16.5 Å². The summed E-state index contributed by atoms with van der Waals surface area (Å²) >= 11 is 1.15. The molecule has 1 aromatic rings. The van der Waals surface area contributed by atoms with Crippen LogP contribution in [0.15, 0.2) is 4.90 Å². The normalized spacial score (nSPS) is 23.1. The maximum Gasteiger partial charge on any atom is 0.185 e. The summed E-state index contributed by atoms with van der Waals surface area (Å²) < 4.78 is 28.5. The molecule has 0 bridgehead atoms. The minimum Gasteiger partial charge on any atom is -0.382 e. The summed E-state index contributed by atoms with van der Waals surface area (Å²) in [5.41, 5.74) is 5.75. The van der Waals surface area contributed by atoms with Gasteiger partial charge in [-0.1, -0.05) is 26.7 Å². The average Bonchev–Trinajstić information content (AvgIpc) is 2.93. The van der Waals surface area contributed by atoms with Crippen LogP contribution in [0.1, 0.15) is 39.5 Å². The smallest absolute Gasteiger partial charge is 0.185 e. The van der Waals surface area contributed by atoms with E-state index < -0.39 is 9.84 Å². The van der Waals surface area contributed by atoms with E-state index in [4.69, 9.17) is 5.73 Å². The van der Waals surface area contributed by atoms with E-state index in [1.54, 1.807) is 0 Å². The number of nitrogens with two attached hydrogens (primary N) is 1. The van der Waals surface area contributed by atoms with E-state index in [1.165, 1.54) is 19.3 Å². The highest BCUT2D eigenvalue weighted by Gasteiger charge is 2.27. The molecule has 20 heavy (non-hydrogen) atoms. The van der Waals surface area contributed by atoms with Crippen LogP contribution in [0.3, 0.4) is 0 Å². The zero-order valence-electron chi connectivity index (χ0n) is 12.1. The third-order valence-electron chi connectivity index (χ3n) is 4.02. The molecule has 7 heteroatoms. The van der Waals surface area contributed by atoms with Crippen LogP contribution in [0, 0.1) is 11.8 Å². The van der Waals surface area contributed by atoms with Crippen LogP contribution in [0.25, 0.3) is 0 Å². The molecule has 1 aliphatic carbocycles. The third kappa shape index (κ3) is 3.25. The predicted molar refractivity (Wildman–Crippen MR) is 83.9 cm³/mol. The number of sulfone groups is 1. The molecule has 0 aliphatic heterocycles. The lowest BCUT2D eigenvalue weighted by Gasteiger charge is -2.16. The van der Waals surface area contributed by atoms with Crippen molar-refractivity contribution < 1.29 is 8.42 Å².